The first-order valence-electron chi connectivity index (χ1n) is 7.62. The standard InChI is InChI=1S/C15H30N2O/c1-11-10-17(4)12(2)9-15(11)16-13(3)14-5-7-18-8-6-14/h11-16H,5-10H2,1-4H3. The Morgan fingerprint density at radius 2 is 1.89 bits per heavy atom. The van der Waals surface area contributed by atoms with E-state index in [0.29, 0.717) is 18.1 Å². The van der Waals surface area contributed by atoms with Crippen LogP contribution in [-0.4, -0.2) is 49.8 Å². The van der Waals surface area contributed by atoms with E-state index in [1.165, 1.54) is 25.8 Å². The first-order chi connectivity index (χ1) is 8.58. The zero-order chi connectivity index (χ0) is 13.1. The van der Waals surface area contributed by atoms with Gasteiger partial charge >= 0.3 is 0 Å². The van der Waals surface area contributed by atoms with E-state index in [1.54, 1.807) is 0 Å². The monoisotopic (exact) mass is 254 g/mol. The molecular formula is C15H30N2O. The largest absolute Gasteiger partial charge is 0.381 e. The Bertz CT molecular complexity index is 253. The fraction of sp³-hybridized carbons (Fsp3) is 1.00. The van der Waals surface area contributed by atoms with Crippen LogP contribution in [0.2, 0.25) is 0 Å². The molecule has 0 radical (unpaired) electrons. The highest BCUT2D eigenvalue weighted by molar-refractivity contribution is 4.89. The van der Waals surface area contributed by atoms with Gasteiger partial charge in [-0.3, -0.25) is 0 Å². The summed E-state index contributed by atoms with van der Waals surface area (Å²) in [5.74, 6) is 1.56. The summed E-state index contributed by atoms with van der Waals surface area (Å²) in [6.07, 6.45) is 3.74. The van der Waals surface area contributed by atoms with Gasteiger partial charge in [-0.1, -0.05) is 6.92 Å². The summed E-state index contributed by atoms with van der Waals surface area (Å²) in [5.41, 5.74) is 0. The Hall–Kier alpha value is -0.120. The molecule has 3 heteroatoms. The van der Waals surface area contributed by atoms with Crippen LogP contribution in [-0.2, 0) is 4.74 Å². The van der Waals surface area contributed by atoms with Crippen molar-refractivity contribution in [2.45, 2.75) is 58.2 Å². The van der Waals surface area contributed by atoms with Gasteiger partial charge in [0.25, 0.3) is 0 Å². The smallest absolute Gasteiger partial charge is 0.0469 e. The third-order valence-corrected chi connectivity index (χ3v) is 5.06. The second-order valence-corrected chi connectivity index (χ2v) is 6.51. The molecule has 4 atom stereocenters. The lowest BCUT2D eigenvalue weighted by Crippen LogP contribution is -2.54. The van der Waals surface area contributed by atoms with Crippen molar-refractivity contribution >= 4 is 0 Å². The average Bonchev–Trinajstić information content (AvgIpc) is 2.37. The highest BCUT2D eigenvalue weighted by atomic mass is 16.5. The number of rotatable bonds is 3. The summed E-state index contributed by atoms with van der Waals surface area (Å²) in [5, 5.41) is 3.91. The van der Waals surface area contributed by atoms with Gasteiger partial charge in [-0.2, -0.15) is 0 Å². The van der Waals surface area contributed by atoms with E-state index >= 15 is 0 Å². The van der Waals surface area contributed by atoms with Gasteiger partial charge in [0.15, 0.2) is 0 Å². The molecule has 0 aromatic heterocycles. The van der Waals surface area contributed by atoms with Gasteiger partial charge in [0.2, 0.25) is 0 Å². The van der Waals surface area contributed by atoms with Gasteiger partial charge in [-0.25, -0.2) is 0 Å². The Morgan fingerprint density at radius 1 is 1.22 bits per heavy atom. The van der Waals surface area contributed by atoms with Crippen LogP contribution in [0, 0.1) is 11.8 Å². The van der Waals surface area contributed by atoms with E-state index in [0.717, 1.165) is 25.0 Å². The summed E-state index contributed by atoms with van der Waals surface area (Å²) in [4.78, 5) is 2.49. The predicted octanol–water partition coefficient (Wildman–Crippen LogP) is 2.12. The molecule has 1 N–H and O–H groups in total. The Balaban J connectivity index is 1.84. The van der Waals surface area contributed by atoms with Crippen molar-refractivity contribution in [3.8, 4) is 0 Å². The van der Waals surface area contributed by atoms with Crippen LogP contribution in [0.25, 0.3) is 0 Å². The molecular weight excluding hydrogens is 224 g/mol. The van der Waals surface area contributed by atoms with Crippen LogP contribution in [0.5, 0.6) is 0 Å². The van der Waals surface area contributed by atoms with E-state index in [9.17, 15) is 0 Å². The van der Waals surface area contributed by atoms with E-state index in [-0.39, 0.29) is 0 Å². The Morgan fingerprint density at radius 3 is 2.56 bits per heavy atom. The molecule has 0 amide bonds. The number of nitrogens with zero attached hydrogens (tertiary/aromatic N) is 1. The van der Waals surface area contributed by atoms with Gasteiger partial charge in [-0.05, 0) is 52.0 Å². The molecule has 0 bridgehead atoms. The number of nitrogens with one attached hydrogen (secondary N) is 1. The lowest BCUT2D eigenvalue weighted by Gasteiger charge is -2.42. The zero-order valence-electron chi connectivity index (χ0n) is 12.5. The molecule has 106 valence electrons. The van der Waals surface area contributed by atoms with Crippen molar-refractivity contribution in [1.82, 2.24) is 10.2 Å². The normalized spacial score (nSPS) is 37.7. The van der Waals surface area contributed by atoms with Gasteiger partial charge in [0, 0.05) is 37.9 Å². The number of piperidine rings is 1. The van der Waals surface area contributed by atoms with Crippen molar-refractivity contribution in [2.75, 3.05) is 26.8 Å². The molecule has 0 aromatic rings. The Kier molecular flexibility index (Phi) is 5.05. The maximum atomic E-state index is 5.46. The van der Waals surface area contributed by atoms with Crippen LogP contribution in [0.4, 0.5) is 0 Å². The maximum Gasteiger partial charge on any atom is 0.0469 e. The second-order valence-electron chi connectivity index (χ2n) is 6.51. The minimum atomic E-state index is 0.636. The summed E-state index contributed by atoms with van der Waals surface area (Å²) >= 11 is 0. The number of hydrogen-bond acceptors (Lipinski definition) is 3. The topological polar surface area (TPSA) is 24.5 Å². The fourth-order valence-electron chi connectivity index (χ4n) is 3.46. The molecule has 2 fully saturated rings. The van der Waals surface area contributed by atoms with E-state index in [4.69, 9.17) is 4.74 Å². The van der Waals surface area contributed by atoms with Crippen molar-refractivity contribution in [3.63, 3.8) is 0 Å². The maximum absolute atomic E-state index is 5.46. The average molecular weight is 254 g/mol. The molecule has 2 rings (SSSR count). The molecule has 2 aliphatic heterocycles. The van der Waals surface area contributed by atoms with E-state index in [2.05, 4.69) is 38.0 Å². The number of likely N-dealkylation sites (tertiary alicyclic amines) is 1. The van der Waals surface area contributed by atoms with Crippen LogP contribution in [0.15, 0.2) is 0 Å². The Labute approximate surface area is 112 Å². The molecule has 2 heterocycles. The lowest BCUT2D eigenvalue weighted by atomic mass is 9.86. The second kappa shape index (κ2) is 6.36. The minimum Gasteiger partial charge on any atom is -0.381 e. The van der Waals surface area contributed by atoms with Crippen molar-refractivity contribution < 1.29 is 4.74 Å². The summed E-state index contributed by atoms with van der Waals surface area (Å²) < 4.78 is 5.46. The number of ether oxygens (including phenoxy) is 1. The number of hydrogen-bond donors (Lipinski definition) is 1. The summed E-state index contributed by atoms with van der Waals surface area (Å²) in [6.45, 7) is 10.2. The summed E-state index contributed by atoms with van der Waals surface area (Å²) in [6, 6.07) is 2.03. The van der Waals surface area contributed by atoms with Crippen LogP contribution in [0.1, 0.15) is 40.0 Å². The van der Waals surface area contributed by atoms with Gasteiger partial charge in [0.1, 0.15) is 0 Å². The first kappa shape index (κ1) is 14.3. The molecule has 0 aliphatic carbocycles. The van der Waals surface area contributed by atoms with Crippen LogP contribution < -0.4 is 5.32 Å². The van der Waals surface area contributed by atoms with Crippen LogP contribution in [0.3, 0.4) is 0 Å². The van der Waals surface area contributed by atoms with E-state index < -0.39 is 0 Å². The quantitative estimate of drug-likeness (QED) is 0.835. The molecule has 4 unspecified atom stereocenters. The third kappa shape index (κ3) is 3.46. The molecule has 0 saturated carbocycles. The van der Waals surface area contributed by atoms with Crippen molar-refractivity contribution in [2.24, 2.45) is 11.8 Å². The van der Waals surface area contributed by atoms with Crippen molar-refractivity contribution in [3.05, 3.63) is 0 Å². The molecule has 0 spiro atoms. The van der Waals surface area contributed by atoms with Gasteiger partial charge in [-0.15, -0.1) is 0 Å². The predicted molar refractivity (Wildman–Crippen MR) is 75.8 cm³/mol. The van der Waals surface area contributed by atoms with E-state index in [1.807, 2.05) is 0 Å². The fourth-order valence-corrected chi connectivity index (χ4v) is 3.46. The molecule has 18 heavy (non-hydrogen) atoms. The summed E-state index contributed by atoms with van der Waals surface area (Å²) in [7, 11) is 2.25. The molecule has 2 aliphatic rings. The minimum absolute atomic E-state index is 0.636. The van der Waals surface area contributed by atoms with Gasteiger partial charge in [0.05, 0.1) is 0 Å². The highest BCUT2D eigenvalue weighted by Crippen LogP contribution is 2.24. The molecule has 3 nitrogen and oxygen atoms in total. The molecule has 2 saturated heterocycles. The third-order valence-electron chi connectivity index (χ3n) is 5.06. The molecule has 0 aromatic carbocycles. The highest BCUT2D eigenvalue weighted by Gasteiger charge is 2.31. The van der Waals surface area contributed by atoms with Crippen LogP contribution >= 0.6 is 0 Å². The van der Waals surface area contributed by atoms with Gasteiger partial charge < -0.3 is 15.0 Å². The SMILES string of the molecule is CC1CN(C)C(C)CC1NC(C)C1CCOCC1. The lowest BCUT2D eigenvalue weighted by molar-refractivity contribution is 0.0475. The first-order valence-corrected chi connectivity index (χ1v) is 7.62. The zero-order valence-corrected chi connectivity index (χ0v) is 12.5. The van der Waals surface area contributed by atoms with Crippen molar-refractivity contribution in [1.29, 1.82) is 0 Å².